The summed E-state index contributed by atoms with van der Waals surface area (Å²) >= 11 is 5.56. The Kier molecular flexibility index (Phi) is 4.45. The van der Waals surface area contributed by atoms with Gasteiger partial charge in [-0.2, -0.15) is 0 Å². The van der Waals surface area contributed by atoms with E-state index in [-0.39, 0.29) is 23.4 Å². The van der Waals surface area contributed by atoms with Crippen LogP contribution in [0.25, 0.3) is 0 Å². The number of nitrogens with zero attached hydrogens (tertiary/aromatic N) is 1. The van der Waals surface area contributed by atoms with Crippen molar-refractivity contribution in [3.8, 4) is 0 Å². The average Bonchev–Trinajstić information content (AvgIpc) is 2.27. The van der Waals surface area contributed by atoms with Crippen LogP contribution >= 0.6 is 11.6 Å². The van der Waals surface area contributed by atoms with Crippen molar-refractivity contribution in [3.63, 3.8) is 0 Å². The molecule has 0 saturated carbocycles. The quantitative estimate of drug-likeness (QED) is 0.511. The van der Waals surface area contributed by atoms with Gasteiger partial charge in [-0.05, 0) is 19.1 Å². The zero-order chi connectivity index (χ0) is 13.0. The van der Waals surface area contributed by atoms with Crippen LogP contribution < -0.4 is 5.32 Å². The van der Waals surface area contributed by atoms with Crippen molar-refractivity contribution in [2.24, 2.45) is 5.92 Å². The number of benzene rings is 1. The molecule has 5 nitrogen and oxygen atoms in total. The first-order chi connectivity index (χ1) is 7.95. The number of anilines is 1. The van der Waals surface area contributed by atoms with Gasteiger partial charge < -0.3 is 5.32 Å². The minimum Gasteiger partial charge on any atom is -0.326 e. The highest BCUT2D eigenvalue weighted by Crippen LogP contribution is 2.21. The van der Waals surface area contributed by atoms with Gasteiger partial charge in [-0.1, -0.05) is 6.92 Å². The molecule has 0 aliphatic rings. The van der Waals surface area contributed by atoms with Gasteiger partial charge in [0.1, 0.15) is 0 Å². The van der Waals surface area contributed by atoms with Crippen LogP contribution in [0.3, 0.4) is 0 Å². The molecule has 0 bridgehead atoms. The third-order valence-electron chi connectivity index (χ3n) is 2.34. The molecular formula is C11H13ClN2O3. The number of carbonyl (C=O) groups excluding carboxylic acids is 1. The van der Waals surface area contributed by atoms with Crippen molar-refractivity contribution in [2.75, 3.05) is 11.2 Å². The number of halogens is 1. The van der Waals surface area contributed by atoms with Crippen LogP contribution in [0.2, 0.25) is 0 Å². The molecule has 0 radical (unpaired) electrons. The molecule has 17 heavy (non-hydrogen) atoms. The maximum absolute atomic E-state index is 11.5. The number of nitrogens with one attached hydrogen (secondary N) is 1. The van der Waals surface area contributed by atoms with E-state index in [1.807, 2.05) is 0 Å². The van der Waals surface area contributed by atoms with E-state index in [0.29, 0.717) is 11.3 Å². The molecule has 6 heteroatoms. The lowest BCUT2D eigenvalue weighted by Gasteiger charge is -2.09. The molecule has 1 rings (SSSR count). The molecule has 1 unspecified atom stereocenters. The summed E-state index contributed by atoms with van der Waals surface area (Å²) in [4.78, 5) is 21.7. The Hall–Kier alpha value is -1.62. The molecule has 92 valence electrons. The largest absolute Gasteiger partial charge is 0.326 e. The fourth-order valence-corrected chi connectivity index (χ4v) is 1.41. The highest BCUT2D eigenvalue weighted by molar-refractivity contribution is 6.19. The first-order valence-electron chi connectivity index (χ1n) is 5.07. The average molecular weight is 257 g/mol. The summed E-state index contributed by atoms with van der Waals surface area (Å²) in [7, 11) is 0. The fraction of sp³-hybridized carbons (Fsp3) is 0.364. The topological polar surface area (TPSA) is 72.2 Å². The summed E-state index contributed by atoms with van der Waals surface area (Å²) in [6.45, 7) is 3.33. The third-order valence-corrected chi connectivity index (χ3v) is 2.80. The number of hydrogen-bond acceptors (Lipinski definition) is 3. The molecule has 1 atom stereocenters. The highest BCUT2D eigenvalue weighted by Gasteiger charge is 2.14. The van der Waals surface area contributed by atoms with E-state index in [1.54, 1.807) is 19.9 Å². The molecule has 1 aromatic carbocycles. The van der Waals surface area contributed by atoms with Gasteiger partial charge in [-0.15, -0.1) is 11.6 Å². The Morgan fingerprint density at radius 1 is 1.59 bits per heavy atom. The summed E-state index contributed by atoms with van der Waals surface area (Å²) in [5.74, 6) is -0.266. The van der Waals surface area contributed by atoms with Gasteiger partial charge in [0.25, 0.3) is 5.69 Å². The monoisotopic (exact) mass is 256 g/mol. The fourth-order valence-electron chi connectivity index (χ4n) is 1.27. The van der Waals surface area contributed by atoms with Crippen molar-refractivity contribution in [1.82, 2.24) is 0 Å². The third kappa shape index (κ3) is 3.42. The molecular weight excluding hydrogens is 244 g/mol. The normalized spacial score (nSPS) is 11.9. The molecule has 0 spiro atoms. The van der Waals surface area contributed by atoms with Crippen LogP contribution in [0, 0.1) is 23.0 Å². The summed E-state index contributed by atoms with van der Waals surface area (Å²) < 4.78 is 0. The molecule has 1 aromatic rings. The molecule has 1 amide bonds. The first kappa shape index (κ1) is 13.4. The van der Waals surface area contributed by atoms with Crippen LogP contribution in [0.5, 0.6) is 0 Å². The highest BCUT2D eigenvalue weighted by atomic mass is 35.5. The van der Waals surface area contributed by atoms with Crippen LogP contribution in [0.4, 0.5) is 11.4 Å². The van der Waals surface area contributed by atoms with Gasteiger partial charge in [0.2, 0.25) is 5.91 Å². The van der Waals surface area contributed by atoms with E-state index < -0.39 is 4.92 Å². The number of rotatable bonds is 4. The number of nitro benzene ring substituents is 1. The summed E-state index contributed by atoms with van der Waals surface area (Å²) in [6.07, 6.45) is 0. The van der Waals surface area contributed by atoms with Gasteiger partial charge in [0.15, 0.2) is 0 Å². The summed E-state index contributed by atoms with van der Waals surface area (Å²) in [6, 6.07) is 4.44. The Morgan fingerprint density at radius 3 is 2.71 bits per heavy atom. The lowest BCUT2D eigenvalue weighted by molar-refractivity contribution is -0.385. The maximum Gasteiger partial charge on any atom is 0.272 e. The van der Waals surface area contributed by atoms with Crippen LogP contribution in [-0.4, -0.2) is 16.7 Å². The van der Waals surface area contributed by atoms with Crippen molar-refractivity contribution in [2.45, 2.75) is 13.8 Å². The van der Waals surface area contributed by atoms with E-state index in [1.165, 1.54) is 12.1 Å². The van der Waals surface area contributed by atoms with Crippen LogP contribution in [0.1, 0.15) is 12.5 Å². The van der Waals surface area contributed by atoms with Crippen molar-refractivity contribution >= 4 is 28.9 Å². The zero-order valence-electron chi connectivity index (χ0n) is 9.57. The molecule has 0 heterocycles. The van der Waals surface area contributed by atoms with Crippen molar-refractivity contribution in [3.05, 3.63) is 33.9 Å². The zero-order valence-corrected chi connectivity index (χ0v) is 10.3. The van der Waals surface area contributed by atoms with E-state index >= 15 is 0 Å². The Morgan fingerprint density at radius 2 is 2.24 bits per heavy atom. The second-order valence-electron chi connectivity index (χ2n) is 3.80. The molecule has 0 saturated heterocycles. The molecule has 0 aliphatic carbocycles. The van der Waals surface area contributed by atoms with Gasteiger partial charge in [0.05, 0.1) is 4.92 Å². The molecule has 0 aromatic heterocycles. The number of nitro groups is 1. The SMILES string of the molecule is Cc1cc(NC(=O)C(C)CCl)ccc1[N+](=O)[O-]. The van der Waals surface area contributed by atoms with Crippen LogP contribution in [0.15, 0.2) is 18.2 Å². The maximum atomic E-state index is 11.5. The van der Waals surface area contributed by atoms with E-state index in [0.717, 1.165) is 0 Å². The molecule has 1 N–H and O–H groups in total. The van der Waals surface area contributed by atoms with E-state index in [2.05, 4.69) is 5.32 Å². The Bertz CT molecular complexity index is 448. The minimum atomic E-state index is -0.456. The second kappa shape index (κ2) is 5.63. The lowest BCUT2D eigenvalue weighted by atomic mass is 10.1. The van der Waals surface area contributed by atoms with Crippen LogP contribution in [-0.2, 0) is 4.79 Å². The van der Waals surface area contributed by atoms with Gasteiger partial charge in [-0.3, -0.25) is 14.9 Å². The van der Waals surface area contributed by atoms with Gasteiger partial charge >= 0.3 is 0 Å². The predicted octanol–water partition coefficient (Wildman–Crippen LogP) is 2.72. The summed E-state index contributed by atoms with van der Waals surface area (Å²) in [5, 5.41) is 13.3. The Balaban J connectivity index is 2.84. The Labute approximate surface area is 104 Å². The number of alkyl halides is 1. The van der Waals surface area contributed by atoms with E-state index in [4.69, 9.17) is 11.6 Å². The minimum absolute atomic E-state index is 0.0355. The molecule has 0 aliphatic heterocycles. The number of aryl methyl sites for hydroxylation is 1. The smallest absolute Gasteiger partial charge is 0.272 e. The van der Waals surface area contributed by atoms with Crippen molar-refractivity contribution < 1.29 is 9.72 Å². The number of amides is 1. The van der Waals surface area contributed by atoms with Crippen molar-refractivity contribution in [1.29, 1.82) is 0 Å². The lowest BCUT2D eigenvalue weighted by Crippen LogP contribution is -2.21. The second-order valence-corrected chi connectivity index (χ2v) is 4.11. The number of carbonyl (C=O) groups is 1. The standard InChI is InChI=1S/C11H13ClN2O3/c1-7-5-9(3-4-10(7)14(16)17)13-11(15)8(2)6-12/h3-5,8H,6H2,1-2H3,(H,13,15). The van der Waals surface area contributed by atoms with Gasteiger partial charge in [-0.25, -0.2) is 0 Å². The van der Waals surface area contributed by atoms with E-state index in [9.17, 15) is 14.9 Å². The first-order valence-corrected chi connectivity index (χ1v) is 5.61. The van der Waals surface area contributed by atoms with Gasteiger partial charge in [0, 0.05) is 29.1 Å². The number of hydrogen-bond donors (Lipinski definition) is 1. The summed E-state index contributed by atoms with van der Waals surface area (Å²) in [5.41, 5.74) is 1.08. The molecule has 0 fully saturated rings. The predicted molar refractivity (Wildman–Crippen MR) is 66.3 cm³/mol.